The normalized spacial score (nSPS) is 12.1. The second-order valence-electron chi connectivity index (χ2n) is 9.99. The number of amides is 1. The number of fused-ring (bicyclic) bond motifs is 1. The van der Waals surface area contributed by atoms with Crippen LogP contribution < -0.4 is 14.8 Å². The highest BCUT2D eigenvalue weighted by molar-refractivity contribution is 6.17. The molecule has 7 nitrogen and oxygen atoms in total. The number of aromatic nitrogens is 1. The smallest absolute Gasteiger partial charge is 0.408 e. The number of hydrogen-bond acceptors (Lipinski definition) is 6. The molecule has 1 aromatic heterocycles. The average molecular weight is 549 g/mol. The van der Waals surface area contributed by atoms with E-state index in [0.29, 0.717) is 34.6 Å². The Labute approximate surface area is 231 Å². The predicted molar refractivity (Wildman–Crippen MR) is 147 cm³/mol. The molecule has 208 valence electrons. The van der Waals surface area contributed by atoms with Gasteiger partial charge in [-0.3, -0.25) is 4.79 Å². The minimum atomic E-state index is -1.07. The fourth-order valence-corrected chi connectivity index (χ4v) is 4.35. The van der Waals surface area contributed by atoms with E-state index in [1.54, 1.807) is 70.2 Å². The number of carbonyl (C=O) groups excluding carboxylic acids is 2. The molecule has 1 heterocycles. The van der Waals surface area contributed by atoms with Crippen LogP contribution in [0.3, 0.4) is 0 Å². The topological polar surface area (TPSA) is 86.8 Å². The van der Waals surface area contributed by atoms with Crippen molar-refractivity contribution in [2.45, 2.75) is 39.3 Å². The summed E-state index contributed by atoms with van der Waals surface area (Å²) in [4.78, 5) is 30.4. The summed E-state index contributed by atoms with van der Waals surface area (Å²) in [6.45, 7) is 7.27. The van der Waals surface area contributed by atoms with Gasteiger partial charge < -0.3 is 19.5 Å². The van der Waals surface area contributed by atoms with E-state index in [4.69, 9.17) is 14.2 Å². The van der Waals surface area contributed by atoms with Crippen LogP contribution in [-0.2, 0) is 4.74 Å². The number of ether oxygens (including phenoxy) is 3. The summed E-state index contributed by atoms with van der Waals surface area (Å²) in [5.74, 6) is -2.18. The van der Waals surface area contributed by atoms with Gasteiger partial charge in [-0.1, -0.05) is 24.3 Å². The largest absolute Gasteiger partial charge is 0.497 e. The van der Waals surface area contributed by atoms with Gasteiger partial charge in [0.25, 0.3) is 0 Å². The molecule has 0 bridgehead atoms. The van der Waals surface area contributed by atoms with E-state index in [2.05, 4.69) is 10.3 Å². The first-order valence-electron chi connectivity index (χ1n) is 12.7. The van der Waals surface area contributed by atoms with Gasteiger partial charge in [-0.25, -0.2) is 18.6 Å². The molecular formula is C31H30F2N2O5. The van der Waals surface area contributed by atoms with E-state index in [1.807, 2.05) is 0 Å². The molecule has 0 aliphatic rings. The Bertz CT molecular complexity index is 1540. The van der Waals surface area contributed by atoms with E-state index >= 15 is 8.78 Å². The highest BCUT2D eigenvalue weighted by Gasteiger charge is 2.27. The maximum Gasteiger partial charge on any atom is 0.408 e. The van der Waals surface area contributed by atoms with Gasteiger partial charge in [-0.2, -0.15) is 0 Å². The molecule has 0 spiro atoms. The minimum absolute atomic E-state index is 0.0754. The summed E-state index contributed by atoms with van der Waals surface area (Å²) in [5.41, 5.74) is -0.846. The zero-order valence-corrected chi connectivity index (χ0v) is 22.9. The van der Waals surface area contributed by atoms with Crippen LogP contribution in [-0.4, -0.2) is 36.2 Å². The minimum Gasteiger partial charge on any atom is -0.497 e. The maximum atomic E-state index is 15.6. The Morgan fingerprint density at radius 3 is 2.30 bits per heavy atom. The zero-order chi connectivity index (χ0) is 29.0. The van der Waals surface area contributed by atoms with Crippen LogP contribution in [0.2, 0.25) is 0 Å². The molecule has 1 atom stereocenters. The lowest BCUT2D eigenvalue weighted by Gasteiger charge is -2.25. The molecule has 1 amide bonds. The molecule has 0 fully saturated rings. The molecule has 4 rings (SSSR count). The van der Waals surface area contributed by atoms with E-state index in [9.17, 15) is 9.59 Å². The summed E-state index contributed by atoms with van der Waals surface area (Å²) in [7, 11) is 1.48. The number of nitrogens with zero attached hydrogens (tertiary/aromatic N) is 1. The number of rotatable bonds is 8. The van der Waals surface area contributed by atoms with Crippen molar-refractivity contribution in [1.29, 1.82) is 0 Å². The van der Waals surface area contributed by atoms with Crippen LogP contribution >= 0.6 is 0 Å². The molecule has 40 heavy (non-hydrogen) atoms. The molecule has 0 radical (unpaired) electrons. The van der Waals surface area contributed by atoms with Crippen LogP contribution in [0.25, 0.3) is 10.8 Å². The Hall–Kier alpha value is -4.53. The highest BCUT2D eigenvalue weighted by Crippen LogP contribution is 2.32. The van der Waals surface area contributed by atoms with Gasteiger partial charge in [0.15, 0.2) is 5.78 Å². The molecule has 1 unspecified atom stereocenters. The molecule has 3 aromatic carbocycles. The lowest BCUT2D eigenvalue weighted by atomic mass is 9.93. The number of benzene rings is 3. The Morgan fingerprint density at radius 2 is 1.65 bits per heavy atom. The van der Waals surface area contributed by atoms with Crippen molar-refractivity contribution in [3.8, 4) is 11.6 Å². The fraction of sp³-hybridized carbons (Fsp3) is 0.258. The second-order valence-corrected chi connectivity index (χ2v) is 9.99. The summed E-state index contributed by atoms with van der Waals surface area (Å²) in [6.07, 6.45) is 0.691. The summed E-state index contributed by atoms with van der Waals surface area (Å²) in [5, 5.41) is 3.68. The first-order valence-corrected chi connectivity index (χ1v) is 12.7. The van der Waals surface area contributed by atoms with Crippen molar-refractivity contribution in [3.05, 3.63) is 101 Å². The van der Waals surface area contributed by atoms with E-state index in [0.717, 1.165) is 12.1 Å². The van der Waals surface area contributed by atoms with Gasteiger partial charge in [-0.05, 0) is 80.6 Å². The van der Waals surface area contributed by atoms with Crippen molar-refractivity contribution in [1.82, 2.24) is 10.3 Å². The van der Waals surface area contributed by atoms with Crippen LogP contribution in [0, 0.1) is 11.6 Å². The number of pyridine rings is 1. The Balaban J connectivity index is 1.78. The van der Waals surface area contributed by atoms with Gasteiger partial charge in [0.2, 0.25) is 5.88 Å². The Morgan fingerprint density at radius 1 is 0.950 bits per heavy atom. The molecule has 0 aliphatic carbocycles. The highest BCUT2D eigenvalue weighted by atomic mass is 19.1. The molecule has 0 aliphatic heterocycles. The van der Waals surface area contributed by atoms with Crippen LogP contribution in [0.15, 0.2) is 66.9 Å². The van der Waals surface area contributed by atoms with E-state index in [-0.39, 0.29) is 11.1 Å². The van der Waals surface area contributed by atoms with Crippen LogP contribution in [0.5, 0.6) is 11.6 Å². The van der Waals surface area contributed by atoms with Gasteiger partial charge in [0.05, 0.1) is 25.3 Å². The van der Waals surface area contributed by atoms with Crippen molar-refractivity contribution < 1.29 is 32.6 Å². The fourth-order valence-electron chi connectivity index (χ4n) is 4.35. The van der Waals surface area contributed by atoms with Gasteiger partial charge >= 0.3 is 6.09 Å². The summed E-state index contributed by atoms with van der Waals surface area (Å²) >= 11 is 0. The van der Waals surface area contributed by atoms with Gasteiger partial charge in [0, 0.05) is 17.1 Å². The van der Waals surface area contributed by atoms with Crippen molar-refractivity contribution in [2.75, 3.05) is 13.7 Å². The number of carbonyl (C=O) groups is 2. The number of alkyl carbamates (subject to hydrolysis) is 1. The van der Waals surface area contributed by atoms with Gasteiger partial charge in [-0.15, -0.1) is 0 Å². The van der Waals surface area contributed by atoms with E-state index in [1.165, 1.54) is 19.4 Å². The average Bonchev–Trinajstić information content (AvgIpc) is 2.90. The first-order chi connectivity index (χ1) is 19.0. The van der Waals surface area contributed by atoms with Crippen molar-refractivity contribution in [3.63, 3.8) is 0 Å². The lowest BCUT2D eigenvalue weighted by molar-refractivity contribution is 0.0511. The third kappa shape index (κ3) is 6.20. The quantitative estimate of drug-likeness (QED) is 0.245. The van der Waals surface area contributed by atoms with Crippen LogP contribution in [0.4, 0.5) is 13.6 Å². The number of ketones is 1. The molecule has 4 aromatic rings. The number of hydrogen-bond donors (Lipinski definition) is 1. The first kappa shape index (κ1) is 28.5. The third-order valence-corrected chi connectivity index (χ3v) is 6.01. The number of halogens is 2. The predicted octanol–water partition coefficient (Wildman–Crippen LogP) is 6.77. The standard InChI is InChI=1S/C31H30F2N2O5/c1-6-39-29-23-12-8-11-22(21(23)13-14-34-29)28(36)26-24(32)16-19(17-25(26)33)27(35-30(37)40-31(2,3)4)18-9-7-10-20(15-18)38-5/h7-17,27H,6H2,1-5H3,(H,35,37). The molecule has 0 saturated heterocycles. The molecular weight excluding hydrogens is 518 g/mol. The SMILES string of the molecule is CCOc1nccc2c(C(=O)c3c(F)cc(C(NC(=O)OC(C)(C)C)c4cccc(OC)c4)cc3F)cccc12. The van der Waals surface area contributed by atoms with Crippen LogP contribution in [0.1, 0.15) is 60.8 Å². The molecule has 1 N–H and O–H groups in total. The lowest BCUT2D eigenvalue weighted by Crippen LogP contribution is -2.35. The maximum absolute atomic E-state index is 15.6. The van der Waals surface area contributed by atoms with Crippen molar-refractivity contribution >= 4 is 22.6 Å². The summed E-state index contributed by atoms with van der Waals surface area (Å²) in [6, 6.07) is 14.2. The third-order valence-electron chi connectivity index (χ3n) is 6.01. The molecule has 9 heteroatoms. The van der Waals surface area contributed by atoms with Gasteiger partial charge in [0.1, 0.15) is 23.0 Å². The van der Waals surface area contributed by atoms with Crippen molar-refractivity contribution in [2.24, 2.45) is 0 Å². The zero-order valence-electron chi connectivity index (χ0n) is 22.9. The Kier molecular flexibility index (Phi) is 8.32. The second kappa shape index (κ2) is 11.7. The molecule has 0 saturated carbocycles. The number of methoxy groups -OCH3 is 1. The number of nitrogens with one attached hydrogen (secondary N) is 1. The van der Waals surface area contributed by atoms with E-state index < -0.39 is 40.7 Å². The monoisotopic (exact) mass is 548 g/mol. The summed E-state index contributed by atoms with van der Waals surface area (Å²) < 4.78 is 47.4.